The van der Waals surface area contributed by atoms with Gasteiger partial charge in [-0.3, -0.25) is 4.79 Å². The lowest BCUT2D eigenvalue weighted by molar-refractivity contribution is -0.137. The molecule has 4 heteroatoms. The van der Waals surface area contributed by atoms with Gasteiger partial charge in [0, 0.05) is 13.1 Å². The Labute approximate surface area is 91.4 Å². The topological polar surface area (TPSA) is 66.6 Å². The molecule has 0 spiro atoms. The number of aliphatic hydroxyl groups excluding tert-OH is 1. The zero-order valence-corrected chi connectivity index (χ0v) is 9.65. The third-order valence-corrected chi connectivity index (χ3v) is 3.15. The second-order valence-electron chi connectivity index (χ2n) is 4.51. The van der Waals surface area contributed by atoms with Crippen molar-refractivity contribution in [1.29, 1.82) is 0 Å². The maximum Gasteiger partial charge on any atom is 0.239 e. The first kappa shape index (κ1) is 12.5. The minimum absolute atomic E-state index is 0.0113. The van der Waals surface area contributed by atoms with Crippen LogP contribution in [0.1, 0.15) is 33.1 Å². The van der Waals surface area contributed by atoms with Gasteiger partial charge in [-0.05, 0) is 18.8 Å². The van der Waals surface area contributed by atoms with E-state index in [2.05, 4.69) is 0 Å². The first-order chi connectivity index (χ1) is 7.06. The van der Waals surface area contributed by atoms with Crippen LogP contribution in [0.15, 0.2) is 0 Å². The predicted molar refractivity (Wildman–Crippen MR) is 59.3 cm³/mol. The van der Waals surface area contributed by atoms with Gasteiger partial charge in [-0.1, -0.05) is 20.3 Å². The summed E-state index contributed by atoms with van der Waals surface area (Å²) in [4.78, 5) is 13.5. The molecule has 0 aromatic carbocycles. The van der Waals surface area contributed by atoms with Gasteiger partial charge in [0.25, 0.3) is 0 Å². The Kier molecular flexibility index (Phi) is 4.54. The molecule has 1 rings (SSSR count). The lowest BCUT2D eigenvalue weighted by Gasteiger charge is -2.35. The highest BCUT2D eigenvalue weighted by atomic mass is 16.3. The molecule has 0 radical (unpaired) electrons. The normalized spacial score (nSPS) is 28.9. The zero-order chi connectivity index (χ0) is 11.4. The fraction of sp³-hybridized carbons (Fsp3) is 0.909. The molecule has 3 atom stereocenters. The summed E-state index contributed by atoms with van der Waals surface area (Å²) in [5, 5.41) is 9.67. The molecule has 0 saturated carbocycles. The van der Waals surface area contributed by atoms with Gasteiger partial charge in [0.2, 0.25) is 5.91 Å². The summed E-state index contributed by atoms with van der Waals surface area (Å²) in [5.41, 5.74) is 5.77. The van der Waals surface area contributed by atoms with Gasteiger partial charge in [0.1, 0.15) is 0 Å². The SMILES string of the molecule is CCC[C@@H](N)C(=O)N1CCC(C)C(O)C1. The highest BCUT2D eigenvalue weighted by Gasteiger charge is 2.29. The predicted octanol–water partition coefficient (Wildman–Crippen LogP) is 0.343. The summed E-state index contributed by atoms with van der Waals surface area (Å²) in [6.07, 6.45) is 2.11. The average molecular weight is 214 g/mol. The van der Waals surface area contributed by atoms with Gasteiger partial charge in [0.15, 0.2) is 0 Å². The van der Waals surface area contributed by atoms with E-state index in [1.54, 1.807) is 4.90 Å². The van der Waals surface area contributed by atoms with Gasteiger partial charge < -0.3 is 15.7 Å². The van der Waals surface area contributed by atoms with Crippen molar-refractivity contribution in [2.24, 2.45) is 11.7 Å². The molecule has 88 valence electrons. The summed E-state index contributed by atoms with van der Waals surface area (Å²) in [7, 11) is 0. The number of likely N-dealkylation sites (tertiary alicyclic amines) is 1. The summed E-state index contributed by atoms with van der Waals surface area (Å²) in [5.74, 6) is 0.277. The number of hydrogen-bond donors (Lipinski definition) is 2. The molecule has 1 fully saturated rings. The van der Waals surface area contributed by atoms with Crippen LogP contribution in [-0.2, 0) is 4.79 Å². The number of rotatable bonds is 3. The van der Waals surface area contributed by atoms with Crippen molar-refractivity contribution in [3.8, 4) is 0 Å². The van der Waals surface area contributed by atoms with E-state index in [9.17, 15) is 9.90 Å². The number of aliphatic hydroxyl groups is 1. The van der Waals surface area contributed by atoms with Gasteiger partial charge >= 0.3 is 0 Å². The fourth-order valence-corrected chi connectivity index (χ4v) is 1.92. The molecule has 0 aromatic rings. The third kappa shape index (κ3) is 3.18. The molecule has 1 aliphatic heterocycles. The van der Waals surface area contributed by atoms with E-state index in [1.807, 2.05) is 13.8 Å². The Balaban J connectivity index is 2.47. The standard InChI is InChI=1S/C11H22N2O2/c1-3-4-9(12)11(15)13-6-5-8(2)10(14)7-13/h8-10,14H,3-7,12H2,1-2H3/t8?,9-,10?/m1/s1. The molecular weight excluding hydrogens is 192 g/mol. The average Bonchev–Trinajstić information content (AvgIpc) is 2.21. The molecule has 15 heavy (non-hydrogen) atoms. The Bertz CT molecular complexity index is 221. The molecule has 3 N–H and O–H groups in total. The van der Waals surface area contributed by atoms with Crippen molar-refractivity contribution in [3.05, 3.63) is 0 Å². The molecule has 0 aromatic heterocycles. The van der Waals surface area contributed by atoms with Crippen LogP contribution < -0.4 is 5.73 Å². The number of carbonyl (C=O) groups is 1. The Morgan fingerprint density at radius 2 is 2.33 bits per heavy atom. The number of piperidine rings is 1. The molecule has 2 unspecified atom stereocenters. The third-order valence-electron chi connectivity index (χ3n) is 3.15. The second-order valence-corrected chi connectivity index (χ2v) is 4.51. The first-order valence-corrected chi connectivity index (χ1v) is 5.78. The number of β-amino-alcohol motifs (C(OH)–C–C–N with tert-alkyl or cyclic N) is 1. The summed E-state index contributed by atoms with van der Waals surface area (Å²) in [6.45, 7) is 5.20. The van der Waals surface area contributed by atoms with Crippen LogP contribution in [0, 0.1) is 5.92 Å². The number of nitrogens with zero attached hydrogens (tertiary/aromatic N) is 1. The van der Waals surface area contributed by atoms with Crippen molar-refractivity contribution in [3.63, 3.8) is 0 Å². The van der Waals surface area contributed by atoms with Crippen LogP contribution in [0.2, 0.25) is 0 Å². The monoisotopic (exact) mass is 214 g/mol. The van der Waals surface area contributed by atoms with Gasteiger partial charge in [-0.25, -0.2) is 0 Å². The van der Waals surface area contributed by atoms with E-state index in [0.717, 1.165) is 25.8 Å². The molecule has 0 bridgehead atoms. The van der Waals surface area contributed by atoms with Gasteiger partial charge in [-0.2, -0.15) is 0 Å². The smallest absolute Gasteiger partial charge is 0.239 e. The fourth-order valence-electron chi connectivity index (χ4n) is 1.92. The minimum atomic E-state index is -0.393. The number of amides is 1. The van der Waals surface area contributed by atoms with Crippen molar-refractivity contribution < 1.29 is 9.90 Å². The zero-order valence-electron chi connectivity index (χ0n) is 9.65. The largest absolute Gasteiger partial charge is 0.391 e. The number of carbonyl (C=O) groups excluding carboxylic acids is 1. The Morgan fingerprint density at radius 1 is 1.67 bits per heavy atom. The van der Waals surface area contributed by atoms with Crippen LogP contribution in [0.25, 0.3) is 0 Å². The van der Waals surface area contributed by atoms with Crippen LogP contribution in [0.4, 0.5) is 0 Å². The Morgan fingerprint density at radius 3 is 2.87 bits per heavy atom. The van der Waals surface area contributed by atoms with Crippen LogP contribution in [0.3, 0.4) is 0 Å². The van der Waals surface area contributed by atoms with Crippen LogP contribution >= 0.6 is 0 Å². The van der Waals surface area contributed by atoms with E-state index in [4.69, 9.17) is 5.73 Å². The van der Waals surface area contributed by atoms with E-state index < -0.39 is 12.1 Å². The van der Waals surface area contributed by atoms with E-state index in [0.29, 0.717) is 6.54 Å². The molecule has 1 heterocycles. The lowest BCUT2D eigenvalue weighted by Crippen LogP contribution is -2.51. The van der Waals surface area contributed by atoms with Crippen molar-refractivity contribution in [2.45, 2.75) is 45.3 Å². The van der Waals surface area contributed by atoms with Crippen LogP contribution in [0.5, 0.6) is 0 Å². The Hall–Kier alpha value is -0.610. The van der Waals surface area contributed by atoms with Crippen molar-refractivity contribution in [2.75, 3.05) is 13.1 Å². The second kappa shape index (κ2) is 5.47. The lowest BCUT2D eigenvalue weighted by atomic mass is 9.95. The molecular formula is C11H22N2O2. The van der Waals surface area contributed by atoms with Gasteiger partial charge in [-0.15, -0.1) is 0 Å². The van der Waals surface area contributed by atoms with E-state index >= 15 is 0 Å². The quantitative estimate of drug-likeness (QED) is 0.712. The van der Waals surface area contributed by atoms with Crippen molar-refractivity contribution in [1.82, 2.24) is 4.90 Å². The van der Waals surface area contributed by atoms with Gasteiger partial charge in [0.05, 0.1) is 12.1 Å². The van der Waals surface area contributed by atoms with Crippen molar-refractivity contribution >= 4 is 5.91 Å². The molecule has 4 nitrogen and oxygen atoms in total. The molecule has 1 saturated heterocycles. The minimum Gasteiger partial charge on any atom is -0.391 e. The molecule has 1 amide bonds. The number of hydrogen-bond acceptors (Lipinski definition) is 3. The number of nitrogens with two attached hydrogens (primary N) is 1. The highest BCUT2D eigenvalue weighted by molar-refractivity contribution is 5.81. The van der Waals surface area contributed by atoms with E-state index in [-0.39, 0.29) is 11.8 Å². The maximum atomic E-state index is 11.8. The molecule has 0 aliphatic carbocycles. The highest BCUT2D eigenvalue weighted by Crippen LogP contribution is 2.17. The summed E-state index contributed by atoms with van der Waals surface area (Å²) in [6, 6.07) is -0.393. The first-order valence-electron chi connectivity index (χ1n) is 5.78. The summed E-state index contributed by atoms with van der Waals surface area (Å²) >= 11 is 0. The molecule has 1 aliphatic rings. The summed E-state index contributed by atoms with van der Waals surface area (Å²) < 4.78 is 0. The maximum absolute atomic E-state index is 11.8. The van der Waals surface area contributed by atoms with E-state index in [1.165, 1.54) is 0 Å². The van der Waals surface area contributed by atoms with Crippen LogP contribution in [-0.4, -0.2) is 41.1 Å².